The van der Waals surface area contributed by atoms with Gasteiger partial charge in [-0.15, -0.1) is 0 Å². The van der Waals surface area contributed by atoms with E-state index in [1.54, 1.807) is 12.1 Å². The van der Waals surface area contributed by atoms with Crippen molar-refractivity contribution >= 4 is 6.34 Å². The first kappa shape index (κ1) is 21.6. The third-order valence-electron chi connectivity index (χ3n) is 6.01. The molecule has 0 bridgehead atoms. The Labute approximate surface area is 184 Å². The van der Waals surface area contributed by atoms with Crippen molar-refractivity contribution in [1.82, 2.24) is 9.80 Å². The minimum atomic E-state index is -0.250. The van der Waals surface area contributed by atoms with Crippen molar-refractivity contribution in [2.24, 2.45) is 4.99 Å². The second-order valence-corrected chi connectivity index (χ2v) is 8.11. The van der Waals surface area contributed by atoms with E-state index in [-0.39, 0.29) is 5.82 Å². The van der Waals surface area contributed by atoms with Gasteiger partial charge in [-0.1, -0.05) is 12.1 Å². The molecule has 6 heteroatoms. The van der Waals surface area contributed by atoms with Crippen LogP contribution in [-0.2, 0) is 6.54 Å². The fourth-order valence-electron chi connectivity index (χ4n) is 4.51. The van der Waals surface area contributed by atoms with Crippen molar-refractivity contribution in [3.05, 3.63) is 47.8 Å². The number of hydrogen-bond donors (Lipinski definition) is 0. The van der Waals surface area contributed by atoms with Gasteiger partial charge in [0, 0.05) is 32.2 Å². The lowest BCUT2D eigenvalue weighted by molar-refractivity contribution is 0.155. The van der Waals surface area contributed by atoms with Gasteiger partial charge in [0.05, 0.1) is 31.7 Å². The minimum Gasteiger partial charge on any atom is -0.493 e. The first-order valence-electron chi connectivity index (χ1n) is 11.3. The van der Waals surface area contributed by atoms with Gasteiger partial charge >= 0.3 is 0 Å². The van der Waals surface area contributed by atoms with Crippen LogP contribution >= 0.6 is 0 Å². The molecule has 5 nitrogen and oxygen atoms in total. The van der Waals surface area contributed by atoms with Gasteiger partial charge in [-0.3, -0.25) is 9.89 Å². The second-order valence-electron chi connectivity index (χ2n) is 8.11. The molecule has 0 N–H and O–H groups in total. The van der Waals surface area contributed by atoms with Gasteiger partial charge in [0.1, 0.15) is 17.3 Å². The van der Waals surface area contributed by atoms with Crippen molar-refractivity contribution in [1.29, 1.82) is 0 Å². The van der Waals surface area contributed by atoms with Crippen LogP contribution in [0.15, 0.2) is 41.4 Å². The van der Waals surface area contributed by atoms with E-state index < -0.39 is 0 Å². The molecule has 0 aliphatic carbocycles. The first-order valence-corrected chi connectivity index (χ1v) is 11.3. The van der Waals surface area contributed by atoms with Gasteiger partial charge < -0.3 is 14.4 Å². The highest BCUT2D eigenvalue weighted by Crippen LogP contribution is 2.40. The molecule has 2 aromatic rings. The molecule has 0 atom stereocenters. The highest BCUT2D eigenvalue weighted by Gasteiger charge is 2.25. The number of halogens is 1. The fraction of sp³-hybridized carbons (Fsp3) is 0.480. The second kappa shape index (κ2) is 10.1. The standard InChI is InChI=1S/C25H32FN3O2/c1-3-30-23-15-19(17-28-12-9-22(10-13-28)29-14-11-27-18-29)16-24(31-4-2)25(23)20-5-7-21(26)8-6-20/h5-8,15-16,18,22H,3-4,9-14,17H2,1-2H3. The molecule has 1 saturated heterocycles. The predicted octanol–water partition coefficient (Wildman–Crippen LogP) is 4.60. The smallest absolute Gasteiger partial charge is 0.131 e. The Kier molecular flexibility index (Phi) is 7.07. The highest BCUT2D eigenvalue weighted by molar-refractivity contribution is 5.77. The van der Waals surface area contributed by atoms with Crippen LogP contribution in [-0.4, -0.2) is 61.6 Å². The molecule has 0 spiro atoms. The highest BCUT2D eigenvalue weighted by atomic mass is 19.1. The Bertz CT molecular complexity index is 865. The normalized spacial score (nSPS) is 17.3. The number of aliphatic imine (C=N–C) groups is 1. The summed E-state index contributed by atoms with van der Waals surface area (Å²) in [5.41, 5.74) is 2.96. The third kappa shape index (κ3) is 5.18. The van der Waals surface area contributed by atoms with E-state index in [0.29, 0.717) is 19.3 Å². The number of nitrogens with zero attached hydrogens (tertiary/aromatic N) is 3. The van der Waals surface area contributed by atoms with Gasteiger partial charge in [-0.2, -0.15) is 0 Å². The Morgan fingerprint density at radius 3 is 2.16 bits per heavy atom. The molecule has 2 heterocycles. The van der Waals surface area contributed by atoms with E-state index >= 15 is 0 Å². The molecule has 0 radical (unpaired) electrons. The van der Waals surface area contributed by atoms with Gasteiger partial charge in [0.15, 0.2) is 0 Å². The van der Waals surface area contributed by atoms with Gasteiger partial charge in [-0.05, 0) is 62.1 Å². The van der Waals surface area contributed by atoms with Crippen molar-refractivity contribution < 1.29 is 13.9 Å². The molecule has 0 amide bonds. The topological polar surface area (TPSA) is 37.3 Å². The minimum absolute atomic E-state index is 0.250. The summed E-state index contributed by atoms with van der Waals surface area (Å²) < 4.78 is 25.5. The lowest BCUT2D eigenvalue weighted by atomic mass is 9.99. The molecule has 2 aliphatic heterocycles. The summed E-state index contributed by atoms with van der Waals surface area (Å²) in [5.74, 6) is 1.33. The van der Waals surface area contributed by atoms with Crippen LogP contribution in [0.2, 0.25) is 0 Å². The predicted molar refractivity (Wildman–Crippen MR) is 123 cm³/mol. The molecular formula is C25H32FN3O2. The summed E-state index contributed by atoms with van der Waals surface area (Å²) in [6.45, 7) is 10.1. The zero-order valence-electron chi connectivity index (χ0n) is 18.5. The Morgan fingerprint density at radius 2 is 1.61 bits per heavy atom. The number of rotatable bonds is 8. The van der Waals surface area contributed by atoms with E-state index in [4.69, 9.17) is 9.47 Å². The third-order valence-corrected chi connectivity index (χ3v) is 6.01. The SMILES string of the molecule is CCOc1cc(CN2CCC(N3C=NCC3)CC2)cc(OCC)c1-c1ccc(F)cc1. The van der Waals surface area contributed by atoms with Crippen molar-refractivity contribution in [2.75, 3.05) is 39.4 Å². The molecule has 2 aromatic carbocycles. The molecule has 166 valence electrons. The Morgan fingerprint density at radius 1 is 0.968 bits per heavy atom. The molecule has 1 fully saturated rings. The summed E-state index contributed by atoms with van der Waals surface area (Å²) >= 11 is 0. The quantitative estimate of drug-likeness (QED) is 0.620. The monoisotopic (exact) mass is 425 g/mol. The number of likely N-dealkylation sites (tertiary alicyclic amines) is 1. The van der Waals surface area contributed by atoms with E-state index in [2.05, 4.69) is 26.9 Å². The van der Waals surface area contributed by atoms with Crippen LogP contribution in [0.5, 0.6) is 11.5 Å². The maximum absolute atomic E-state index is 13.5. The molecule has 2 aliphatic rings. The maximum Gasteiger partial charge on any atom is 0.131 e. The van der Waals surface area contributed by atoms with Gasteiger partial charge in [0.2, 0.25) is 0 Å². The van der Waals surface area contributed by atoms with Crippen LogP contribution in [0.4, 0.5) is 4.39 Å². The van der Waals surface area contributed by atoms with E-state index in [9.17, 15) is 4.39 Å². The van der Waals surface area contributed by atoms with E-state index in [1.165, 1.54) is 17.7 Å². The molecule has 31 heavy (non-hydrogen) atoms. The van der Waals surface area contributed by atoms with Gasteiger partial charge in [0.25, 0.3) is 0 Å². The number of hydrogen-bond acceptors (Lipinski definition) is 5. The van der Waals surface area contributed by atoms with Crippen LogP contribution < -0.4 is 9.47 Å². The van der Waals surface area contributed by atoms with E-state index in [0.717, 1.165) is 68.2 Å². The summed E-state index contributed by atoms with van der Waals surface area (Å²) in [5, 5.41) is 0. The number of ether oxygens (including phenoxy) is 2. The molecule has 4 rings (SSSR count). The zero-order valence-corrected chi connectivity index (χ0v) is 18.5. The maximum atomic E-state index is 13.5. The average molecular weight is 426 g/mol. The van der Waals surface area contributed by atoms with Crippen molar-refractivity contribution in [2.45, 2.75) is 39.3 Å². The van der Waals surface area contributed by atoms with Crippen molar-refractivity contribution in [3.8, 4) is 22.6 Å². The van der Waals surface area contributed by atoms with E-state index in [1.807, 2.05) is 20.2 Å². The molecule has 0 unspecified atom stereocenters. The Hall–Kier alpha value is -2.60. The molecule has 0 aromatic heterocycles. The summed E-state index contributed by atoms with van der Waals surface area (Å²) in [6, 6.07) is 11.4. The van der Waals surface area contributed by atoms with Crippen LogP contribution in [0, 0.1) is 5.82 Å². The molecule has 0 saturated carbocycles. The lowest BCUT2D eigenvalue weighted by Crippen LogP contribution is -2.43. The summed E-state index contributed by atoms with van der Waals surface area (Å²) in [6.07, 6.45) is 4.35. The van der Waals surface area contributed by atoms with Crippen LogP contribution in [0.3, 0.4) is 0 Å². The number of benzene rings is 2. The van der Waals surface area contributed by atoms with Crippen LogP contribution in [0.25, 0.3) is 11.1 Å². The largest absolute Gasteiger partial charge is 0.493 e. The van der Waals surface area contributed by atoms with Crippen LogP contribution in [0.1, 0.15) is 32.3 Å². The fourth-order valence-corrected chi connectivity index (χ4v) is 4.51. The zero-order chi connectivity index (χ0) is 21.6. The van der Waals surface area contributed by atoms with Gasteiger partial charge in [-0.25, -0.2) is 4.39 Å². The summed E-state index contributed by atoms with van der Waals surface area (Å²) in [7, 11) is 0. The summed E-state index contributed by atoms with van der Waals surface area (Å²) in [4.78, 5) is 9.26. The van der Waals surface area contributed by atoms with Crippen molar-refractivity contribution in [3.63, 3.8) is 0 Å². The lowest BCUT2D eigenvalue weighted by Gasteiger charge is -2.36. The average Bonchev–Trinajstić information content (AvgIpc) is 3.31. The molecular weight excluding hydrogens is 393 g/mol. The Balaban J connectivity index is 1.54. The first-order chi connectivity index (χ1) is 15.2. The number of piperidine rings is 1.